The summed E-state index contributed by atoms with van der Waals surface area (Å²) in [5.41, 5.74) is 0.595. The molecule has 18 heavy (non-hydrogen) atoms. The molecular formula is C14H17FN2O. The van der Waals surface area contributed by atoms with E-state index in [0.29, 0.717) is 12.1 Å². The second kappa shape index (κ2) is 5.94. The number of nitriles is 1. The van der Waals surface area contributed by atoms with Crippen molar-refractivity contribution in [2.45, 2.75) is 31.8 Å². The van der Waals surface area contributed by atoms with Gasteiger partial charge in [-0.25, -0.2) is 4.39 Å². The van der Waals surface area contributed by atoms with E-state index in [1.54, 1.807) is 12.1 Å². The number of hydrogen-bond donors (Lipinski definition) is 2. The lowest BCUT2D eigenvalue weighted by Crippen LogP contribution is -2.33. The SMILES string of the molecule is N#Cc1cccc(CNC2CCCC2CO)c1F. The van der Waals surface area contributed by atoms with E-state index in [0.717, 1.165) is 19.3 Å². The van der Waals surface area contributed by atoms with E-state index >= 15 is 0 Å². The van der Waals surface area contributed by atoms with Crippen LogP contribution in [0.25, 0.3) is 0 Å². The quantitative estimate of drug-likeness (QED) is 0.856. The van der Waals surface area contributed by atoms with E-state index in [1.165, 1.54) is 6.07 Å². The molecule has 0 spiro atoms. The minimum atomic E-state index is -0.439. The summed E-state index contributed by atoms with van der Waals surface area (Å²) in [6.07, 6.45) is 3.14. The van der Waals surface area contributed by atoms with Gasteiger partial charge in [0.05, 0.1) is 5.56 Å². The maximum absolute atomic E-state index is 13.8. The Bertz CT molecular complexity index is 456. The van der Waals surface area contributed by atoms with E-state index in [4.69, 9.17) is 5.26 Å². The van der Waals surface area contributed by atoms with Gasteiger partial charge in [-0.1, -0.05) is 18.6 Å². The molecule has 0 saturated heterocycles. The molecular weight excluding hydrogens is 231 g/mol. The molecule has 0 radical (unpaired) electrons. The minimum Gasteiger partial charge on any atom is -0.396 e. The lowest BCUT2D eigenvalue weighted by molar-refractivity contribution is 0.205. The highest BCUT2D eigenvalue weighted by Crippen LogP contribution is 2.25. The van der Waals surface area contributed by atoms with E-state index in [2.05, 4.69) is 5.32 Å². The van der Waals surface area contributed by atoms with E-state index in [9.17, 15) is 9.50 Å². The van der Waals surface area contributed by atoms with Gasteiger partial charge in [0.2, 0.25) is 0 Å². The van der Waals surface area contributed by atoms with Crippen molar-refractivity contribution in [3.05, 3.63) is 35.1 Å². The molecule has 2 atom stereocenters. The van der Waals surface area contributed by atoms with Crippen molar-refractivity contribution in [3.63, 3.8) is 0 Å². The highest BCUT2D eigenvalue weighted by molar-refractivity contribution is 5.34. The van der Waals surface area contributed by atoms with Crippen LogP contribution in [0.4, 0.5) is 4.39 Å². The second-order valence-electron chi connectivity index (χ2n) is 4.75. The molecule has 2 N–H and O–H groups in total. The standard InChI is InChI=1S/C14H17FN2O/c15-14-10(7-16)3-1-4-11(14)8-17-13-6-2-5-12(13)9-18/h1,3-4,12-13,17-18H,2,5-6,8-9H2. The van der Waals surface area contributed by atoms with Crippen LogP contribution in [0.2, 0.25) is 0 Å². The van der Waals surface area contributed by atoms with Crippen LogP contribution in [-0.4, -0.2) is 17.8 Å². The molecule has 0 heterocycles. The maximum atomic E-state index is 13.8. The number of rotatable bonds is 4. The molecule has 0 aromatic heterocycles. The summed E-state index contributed by atoms with van der Waals surface area (Å²) < 4.78 is 13.8. The van der Waals surface area contributed by atoms with E-state index in [1.807, 2.05) is 6.07 Å². The van der Waals surface area contributed by atoms with E-state index in [-0.39, 0.29) is 24.1 Å². The highest BCUT2D eigenvalue weighted by atomic mass is 19.1. The monoisotopic (exact) mass is 248 g/mol. The lowest BCUT2D eigenvalue weighted by atomic mass is 10.0. The summed E-state index contributed by atoms with van der Waals surface area (Å²) in [7, 11) is 0. The molecule has 96 valence electrons. The Morgan fingerprint density at radius 1 is 1.44 bits per heavy atom. The van der Waals surface area contributed by atoms with Crippen LogP contribution in [-0.2, 0) is 6.54 Å². The first-order valence-corrected chi connectivity index (χ1v) is 6.28. The van der Waals surface area contributed by atoms with Gasteiger partial charge >= 0.3 is 0 Å². The van der Waals surface area contributed by atoms with Crippen molar-refractivity contribution in [1.29, 1.82) is 5.26 Å². The van der Waals surface area contributed by atoms with Crippen LogP contribution in [0.1, 0.15) is 30.4 Å². The van der Waals surface area contributed by atoms with Gasteiger partial charge < -0.3 is 10.4 Å². The summed E-state index contributed by atoms with van der Waals surface area (Å²) in [6.45, 7) is 0.584. The Morgan fingerprint density at radius 3 is 3.00 bits per heavy atom. The zero-order chi connectivity index (χ0) is 13.0. The first kappa shape index (κ1) is 13.0. The van der Waals surface area contributed by atoms with Crippen molar-refractivity contribution >= 4 is 0 Å². The van der Waals surface area contributed by atoms with Crippen LogP contribution >= 0.6 is 0 Å². The van der Waals surface area contributed by atoms with Crippen LogP contribution in [0.5, 0.6) is 0 Å². The van der Waals surface area contributed by atoms with Crippen molar-refractivity contribution in [2.75, 3.05) is 6.61 Å². The fraction of sp³-hybridized carbons (Fsp3) is 0.500. The first-order valence-electron chi connectivity index (χ1n) is 6.28. The van der Waals surface area contributed by atoms with Gasteiger partial charge in [-0.3, -0.25) is 0 Å². The average molecular weight is 248 g/mol. The molecule has 4 heteroatoms. The third kappa shape index (κ3) is 2.69. The van der Waals surface area contributed by atoms with Gasteiger partial charge in [0.15, 0.2) is 0 Å². The van der Waals surface area contributed by atoms with Gasteiger partial charge in [0.1, 0.15) is 11.9 Å². The molecule has 0 amide bonds. The molecule has 0 bridgehead atoms. The Balaban J connectivity index is 2.00. The van der Waals surface area contributed by atoms with Crippen molar-refractivity contribution in [1.82, 2.24) is 5.32 Å². The predicted octanol–water partition coefficient (Wildman–Crippen LogP) is 1.95. The van der Waals surface area contributed by atoms with Gasteiger partial charge in [0, 0.05) is 24.8 Å². The number of nitrogens with zero attached hydrogens (tertiary/aromatic N) is 1. The molecule has 1 fully saturated rings. The number of benzene rings is 1. The molecule has 1 aromatic carbocycles. The molecule has 0 aliphatic heterocycles. The largest absolute Gasteiger partial charge is 0.396 e. The second-order valence-corrected chi connectivity index (χ2v) is 4.75. The Morgan fingerprint density at radius 2 is 2.28 bits per heavy atom. The van der Waals surface area contributed by atoms with Gasteiger partial charge in [-0.2, -0.15) is 5.26 Å². The Kier molecular flexibility index (Phi) is 4.29. The molecule has 1 aromatic rings. The van der Waals surface area contributed by atoms with Crippen molar-refractivity contribution in [3.8, 4) is 6.07 Å². The van der Waals surface area contributed by atoms with Crippen molar-refractivity contribution in [2.24, 2.45) is 5.92 Å². The normalized spacial score (nSPS) is 22.9. The number of aliphatic hydroxyl groups is 1. The molecule has 1 aliphatic rings. The minimum absolute atomic E-state index is 0.0828. The predicted molar refractivity (Wildman–Crippen MR) is 66.2 cm³/mol. The zero-order valence-electron chi connectivity index (χ0n) is 10.2. The molecule has 2 unspecified atom stereocenters. The number of aliphatic hydroxyl groups excluding tert-OH is 1. The van der Waals surface area contributed by atoms with E-state index < -0.39 is 5.82 Å². The number of nitrogens with one attached hydrogen (secondary N) is 1. The third-order valence-electron chi connectivity index (χ3n) is 3.65. The van der Waals surface area contributed by atoms with Gasteiger partial charge in [-0.15, -0.1) is 0 Å². The lowest BCUT2D eigenvalue weighted by Gasteiger charge is -2.19. The highest BCUT2D eigenvalue weighted by Gasteiger charge is 2.26. The molecule has 3 nitrogen and oxygen atoms in total. The number of halogens is 1. The molecule has 1 aliphatic carbocycles. The summed E-state index contributed by atoms with van der Waals surface area (Å²) in [4.78, 5) is 0. The van der Waals surface area contributed by atoms with Crippen molar-refractivity contribution < 1.29 is 9.50 Å². The van der Waals surface area contributed by atoms with Crippen LogP contribution in [0, 0.1) is 23.1 Å². The maximum Gasteiger partial charge on any atom is 0.145 e. The average Bonchev–Trinajstić information content (AvgIpc) is 2.85. The van der Waals surface area contributed by atoms with Gasteiger partial charge in [0.25, 0.3) is 0 Å². The molecule has 1 saturated carbocycles. The molecule has 2 rings (SSSR count). The van der Waals surface area contributed by atoms with Gasteiger partial charge in [-0.05, 0) is 24.8 Å². The van der Waals surface area contributed by atoms with Crippen LogP contribution in [0.15, 0.2) is 18.2 Å². The summed E-state index contributed by atoms with van der Waals surface area (Å²) >= 11 is 0. The fourth-order valence-corrected chi connectivity index (χ4v) is 2.57. The summed E-state index contributed by atoms with van der Waals surface area (Å²) in [5, 5.41) is 21.3. The summed E-state index contributed by atoms with van der Waals surface area (Å²) in [6, 6.07) is 6.95. The summed E-state index contributed by atoms with van der Waals surface area (Å²) in [5.74, 6) is -0.168. The van der Waals surface area contributed by atoms with Crippen LogP contribution < -0.4 is 5.32 Å². The third-order valence-corrected chi connectivity index (χ3v) is 3.65. The number of hydrogen-bond acceptors (Lipinski definition) is 3. The Labute approximate surface area is 106 Å². The fourth-order valence-electron chi connectivity index (χ4n) is 2.57. The Hall–Kier alpha value is -1.44. The zero-order valence-corrected chi connectivity index (χ0v) is 10.2. The van der Waals surface area contributed by atoms with Crippen LogP contribution in [0.3, 0.4) is 0 Å². The topological polar surface area (TPSA) is 56.0 Å². The smallest absolute Gasteiger partial charge is 0.145 e. The first-order chi connectivity index (χ1) is 8.76.